The molecule has 0 aliphatic heterocycles. The molecule has 1 N–H and O–H groups in total. The van der Waals surface area contributed by atoms with Gasteiger partial charge in [-0.15, -0.1) is 0 Å². The Labute approximate surface area is 63.0 Å². The zero-order chi connectivity index (χ0) is 9.12. The summed E-state index contributed by atoms with van der Waals surface area (Å²) in [5, 5.41) is 0. The van der Waals surface area contributed by atoms with Crippen LogP contribution in [0.25, 0.3) is 0 Å². The largest absolute Gasteiger partial charge is 0.369 e. The van der Waals surface area contributed by atoms with Crippen molar-refractivity contribution in [1.29, 1.82) is 0 Å². The molecular weight excluding hydrogens is 208 g/mol. The first-order valence-corrected chi connectivity index (χ1v) is 5.38. The summed E-state index contributed by atoms with van der Waals surface area (Å²) in [6.45, 7) is 0. The van der Waals surface area contributed by atoms with Gasteiger partial charge in [-0.3, -0.25) is 0 Å². The van der Waals surface area contributed by atoms with E-state index in [2.05, 4.69) is 0 Å². The molecule has 0 bridgehead atoms. The number of halogens is 6. The second-order valence-corrected chi connectivity index (χ2v) is 6.14. The Morgan fingerprint density at radius 2 is 1.00 bits per heavy atom. The fourth-order valence-corrected chi connectivity index (χ4v) is 3.11. The molecule has 0 amide bonds. The Morgan fingerprint density at radius 3 is 1.18 bits per heavy atom. The molecule has 0 spiro atoms. The average molecular weight is 213 g/mol. The van der Waals surface area contributed by atoms with Gasteiger partial charge in [0.25, 0.3) is 0 Å². The molecule has 0 unspecified atom stereocenters. The van der Waals surface area contributed by atoms with Crippen molar-refractivity contribution in [3.8, 4) is 0 Å². The van der Waals surface area contributed by atoms with Gasteiger partial charge in [0.05, 0.1) is 0 Å². The lowest BCUT2D eigenvalue weighted by Crippen LogP contribution is -2.42. The Kier molecular flexibility index (Phi) is 3.57. The molecule has 0 radical (unpaired) electrons. The molecule has 9 heteroatoms. The summed E-state index contributed by atoms with van der Waals surface area (Å²) in [7, 11) is -5.48. The van der Waals surface area contributed by atoms with Crippen molar-refractivity contribution in [2.45, 2.75) is 11.6 Å². The molecule has 0 saturated carbocycles. The van der Waals surface area contributed by atoms with Gasteiger partial charge >= 0.3 is 11.6 Å². The Bertz CT molecular complexity index is 103. The van der Waals surface area contributed by atoms with Gasteiger partial charge in [0, 0.05) is 0 Å². The van der Waals surface area contributed by atoms with E-state index in [1.165, 1.54) is 4.65 Å². The van der Waals surface area contributed by atoms with E-state index in [0.29, 0.717) is 0 Å². The molecule has 0 aliphatic rings. The summed E-state index contributed by atoms with van der Waals surface area (Å²) in [6.07, 6.45) is 0. The van der Waals surface area contributed by atoms with E-state index < -0.39 is 31.0 Å². The minimum absolute atomic E-state index is 1.49. The summed E-state index contributed by atoms with van der Waals surface area (Å²) in [5.41, 5.74) is 0. The summed E-state index contributed by atoms with van der Waals surface area (Å²) in [4.78, 5) is 0. The highest BCUT2D eigenvalue weighted by molar-refractivity contribution is 6.53. The van der Waals surface area contributed by atoms with Crippen molar-refractivity contribution in [1.82, 2.24) is 4.65 Å². The number of alkyl halides is 6. The van der Waals surface area contributed by atoms with Gasteiger partial charge in [-0.2, -0.15) is 26.3 Å². The van der Waals surface area contributed by atoms with E-state index in [9.17, 15) is 26.3 Å². The quantitative estimate of drug-likeness (QED) is 0.494. The van der Waals surface area contributed by atoms with Crippen LogP contribution in [0.5, 0.6) is 0 Å². The zero-order valence-electron chi connectivity index (χ0n) is 5.18. The third kappa shape index (κ3) is 9.97. The molecule has 0 aromatic heterocycles. The molecule has 0 heterocycles. The smallest absolute Gasteiger partial charge is 0.355 e. The minimum atomic E-state index is -4.42. The van der Waals surface area contributed by atoms with Crippen LogP contribution in [0.4, 0.5) is 26.3 Å². The molecule has 0 aromatic carbocycles. The van der Waals surface area contributed by atoms with Crippen LogP contribution in [0.2, 0.25) is 0 Å². The first-order valence-electron chi connectivity index (χ1n) is 2.55. The van der Waals surface area contributed by atoms with Crippen LogP contribution in [0.3, 0.4) is 0 Å². The van der Waals surface area contributed by atoms with Crippen molar-refractivity contribution >= 4 is 19.4 Å². The lowest BCUT2D eigenvalue weighted by atomic mass is 11.5. The normalized spacial score (nSPS) is 15.8. The van der Waals surface area contributed by atoms with Crippen LogP contribution >= 0.6 is 0 Å². The first kappa shape index (κ1) is 11.0. The maximum atomic E-state index is 11.3. The summed E-state index contributed by atoms with van der Waals surface area (Å²) in [6, 6.07) is 0. The van der Waals surface area contributed by atoms with Crippen molar-refractivity contribution in [3.63, 3.8) is 0 Å². The van der Waals surface area contributed by atoms with E-state index in [0.717, 1.165) is 0 Å². The highest BCUT2D eigenvalue weighted by atomic mass is 28.3. The third-order valence-electron chi connectivity index (χ3n) is 0.651. The topological polar surface area (TPSA) is 12.0 Å². The first-order chi connectivity index (χ1) is 4.71. The van der Waals surface area contributed by atoms with Gasteiger partial charge < -0.3 is 4.65 Å². The lowest BCUT2D eigenvalue weighted by Gasteiger charge is -2.08. The third-order valence-corrected chi connectivity index (χ3v) is 3.45. The molecule has 0 saturated heterocycles. The van der Waals surface area contributed by atoms with Crippen LogP contribution < -0.4 is 4.65 Å². The predicted molar refractivity (Wildman–Crippen MR) is 32.3 cm³/mol. The van der Waals surface area contributed by atoms with Crippen LogP contribution in [0.15, 0.2) is 0 Å². The minimum Gasteiger partial charge on any atom is -0.355 e. The van der Waals surface area contributed by atoms with Crippen molar-refractivity contribution in [3.05, 3.63) is 0 Å². The molecule has 1 nitrogen and oxygen atoms in total. The van der Waals surface area contributed by atoms with Gasteiger partial charge in [0.15, 0.2) is 0 Å². The summed E-state index contributed by atoms with van der Waals surface area (Å²) < 4.78 is 69.2. The number of nitrogens with one attached hydrogen (secondary N) is 1. The number of hydrogen-bond acceptors (Lipinski definition) is 1. The van der Waals surface area contributed by atoms with Crippen molar-refractivity contribution in [2.75, 3.05) is 0 Å². The molecule has 68 valence electrons. The highest BCUT2D eigenvalue weighted by Crippen LogP contribution is 2.13. The van der Waals surface area contributed by atoms with Crippen LogP contribution in [-0.4, -0.2) is 31.0 Å². The van der Waals surface area contributed by atoms with Gasteiger partial charge in [0.1, 0.15) is 0 Å². The fourth-order valence-electron chi connectivity index (χ4n) is 0.346. The van der Waals surface area contributed by atoms with Crippen LogP contribution in [0.1, 0.15) is 0 Å². The van der Waals surface area contributed by atoms with Crippen LogP contribution in [0, 0.1) is 0 Å². The summed E-state index contributed by atoms with van der Waals surface area (Å²) >= 11 is 0. The molecule has 0 fully saturated rings. The van der Waals surface area contributed by atoms with Crippen molar-refractivity contribution in [2.24, 2.45) is 0 Å². The number of hydrogen-bond donors (Lipinski definition) is 1. The molecule has 0 aliphatic carbocycles. The van der Waals surface area contributed by atoms with Crippen LogP contribution in [-0.2, 0) is 0 Å². The molecule has 11 heavy (non-hydrogen) atoms. The van der Waals surface area contributed by atoms with Gasteiger partial charge in [0.2, 0.25) is 19.4 Å². The maximum Gasteiger partial charge on any atom is 0.369 e. The monoisotopic (exact) mass is 213 g/mol. The SMILES string of the molecule is FC(F)(F)[SiH2]N[SiH2]C(F)(F)F. The number of rotatable bonds is 2. The second kappa shape index (κ2) is 3.58. The zero-order valence-corrected chi connectivity index (χ0v) is 8.01. The van der Waals surface area contributed by atoms with E-state index in [4.69, 9.17) is 0 Å². The van der Waals surface area contributed by atoms with Gasteiger partial charge in [-0.1, -0.05) is 0 Å². The standard InChI is InChI=1S/C2H5F6NSi2/c3-1(4,5)10-9-11-2(6,7)8/h9H,10-11H2. The van der Waals surface area contributed by atoms with E-state index in [1.807, 2.05) is 0 Å². The maximum absolute atomic E-state index is 11.3. The average Bonchev–Trinajstić information content (AvgIpc) is 1.55. The molecule has 0 rings (SSSR count). The van der Waals surface area contributed by atoms with Crippen molar-refractivity contribution < 1.29 is 26.3 Å². The Morgan fingerprint density at radius 1 is 0.727 bits per heavy atom. The highest BCUT2D eigenvalue weighted by Gasteiger charge is 2.32. The second-order valence-electron chi connectivity index (χ2n) is 1.83. The Hall–Kier alpha value is -0.0262. The summed E-state index contributed by atoms with van der Waals surface area (Å²) in [5.74, 6) is -8.84. The molecule has 0 aromatic rings. The molecular formula is C2H5F6NSi2. The van der Waals surface area contributed by atoms with E-state index in [-0.39, 0.29) is 0 Å². The van der Waals surface area contributed by atoms with Gasteiger partial charge in [-0.05, 0) is 0 Å². The van der Waals surface area contributed by atoms with Gasteiger partial charge in [-0.25, -0.2) is 0 Å². The Balaban J connectivity index is 3.44. The lowest BCUT2D eigenvalue weighted by molar-refractivity contribution is -0.0517. The predicted octanol–water partition coefficient (Wildman–Crippen LogP) is -0.217. The fraction of sp³-hybridized carbons (Fsp3) is 1.00. The molecule has 0 atom stereocenters. The van der Waals surface area contributed by atoms with E-state index in [1.54, 1.807) is 0 Å². The van der Waals surface area contributed by atoms with E-state index >= 15 is 0 Å².